The highest BCUT2D eigenvalue weighted by molar-refractivity contribution is 9.10. The fourth-order valence-electron chi connectivity index (χ4n) is 2.08. The van der Waals surface area contributed by atoms with Crippen molar-refractivity contribution in [2.75, 3.05) is 4.90 Å². The number of halogens is 1. The highest BCUT2D eigenvalue weighted by atomic mass is 79.9. The van der Waals surface area contributed by atoms with Crippen LogP contribution in [0, 0.1) is 0 Å². The summed E-state index contributed by atoms with van der Waals surface area (Å²) < 4.78 is 0.837. The minimum Gasteiger partial charge on any atom is -0.269 e. The molecule has 2 aromatic carbocycles. The number of hydrogen-bond donors (Lipinski definition) is 0. The van der Waals surface area contributed by atoms with Crippen LogP contribution in [0.1, 0.15) is 0 Å². The quantitative estimate of drug-likeness (QED) is 0.759. The van der Waals surface area contributed by atoms with Gasteiger partial charge in [0.1, 0.15) is 0 Å². The van der Waals surface area contributed by atoms with E-state index < -0.39 is 0 Å². The molecule has 2 amide bonds. The third-order valence-electron chi connectivity index (χ3n) is 2.85. The number of anilines is 1. The molecule has 0 bridgehead atoms. The summed E-state index contributed by atoms with van der Waals surface area (Å²) in [5.74, 6) is -0.605. The molecule has 1 aliphatic rings. The average Bonchev–Trinajstić information content (AvgIpc) is 2.68. The van der Waals surface area contributed by atoms with Crippen LogP contribution in [0.4, 0.5) is 5.69 Å². The Hall–Kier alpha value is -1.94. The SMILES string of the molecule is O=C1C=CC(=O)N1c1cc(Br)cc2ccccc12. The third kappa shape index (κ3) is 1.66. The average molecular weight is 302 g/mol. The first-order valence-corrected chi connectivity index (χ1v) is 6.20. The Balaban J connectivity index is 2.29. The molecule has 18 heavy (non-hydrogen) atoms. The van der Waals surface area contributed by atoms with Gasteiger partial charge in [0.25, 0.3) is 11.8 Å². The van der Waals surface area contributed by atoms with Gasteiger partial charge in [-0.1, -0.05) is 40.2 Å². The molecule has 0 N–H and O–H groups in total. The molecule has 0 saturated carbocycles. The topological polar surface area (TPSA) is 37.4 Å². The fourth-order valence-corrected chi connectivity index (χ4v) is 2.54. The summed E-state index contributed by atoms with van der Waals surface area (Å²) in [7, 11) is 0. The van der Waals surface area contributed by atoms with Gasteiger partial charge in [0, 0.05) is 22.0 Å². The minimum atomic E-state index is -0.303. The number of nitrogens with zero attached hydrogens (tertiary/aromatic N) is 1. The number of carbonyl (C=O) groups excluding carboxylic acids is 2. The molecule has 0 atom stereocenters. The predicted molar refractivity (Wildman–Crippen MR) is 73.3 cm³/mol. The molecule has 0 saturated heterocycles. The Morgan fingerprint density at radius 3 is 2.33 bits per heavy atom. The van der Waals surface area contributed by atoms with Gasteiger partial charge >= 0.3 is 0 Å². The lowest BCUT2D eigenvalue weighted by molar-refractivity contribution is -0.119. The largest absolute Gasteiger partial charge is 0.269 e. The van der Waals surface area contributed by atoms with Crippen LogP contribution in [0.5, 0.6) is 0 Å². The molecule has 0 aliphatic carbocycles. The van der Waals surface area contributed by atoms with Gasteiger partial charge in [-0.25, -0.2) is 4.90 Å². The highest BCUT2D eigenvalue weighted by Crippen LogP contribution is 2.32. The van der Waals surface area contributed by atoms with Crippen molar-refractivity contribution >= 4 is 44.2 Å². The smallest absolute Gasteiger partial charge is 0.258 e. The van der Waals surface area contributed by atoms with Gasteiger partial charge in [-0.15, -0.1) is 0 Å². The third-order valence-corrected chi connectivity index (χ3v) is 3.31. The van der Waals surface area contributed by atoms with E-state index in [0.29, 0.717) is 5.69 Å². The van der Waals surface area contributed by atoms with Gasteiger partial charge in [-0.3, -0.25) is 9.59 Å². The normalized spacial score (nSPS) is 14.8. The maximum absolute atomic E-state index is 11.7. The molecular formula is C14H8BrNO2. The van der Waals surface area contributed by atoms with Crippen molar-refractivity contribution in [3.8, 4) is 0 Å². The zero-order chi connectivity index (χ0) is 12.7. The van der Waals surface area contributed by atoms with E-state index in [-0.39, 0.29) is 11.8 Å². The van der Waals surface area contributed by atoms with Crippen LogP contribution >= 0.6 is 15.9 Å². The number of hydrogen-bond acceptors (Lipinski definition) is 2. The second kappa shape index (κ2) is 4.07. The molecule has 1 aliphatic heterocycles. The predicted octanol–water partition coefficient (Wildman–Crippen LogP) is 3.03. The molecule has 0 radical (unpaired) electrons. The number of amides is 2. The van der Waals surface area contributed by atoms with E-state index in [9.17, 15) is 9.59 Å². The van der Waals surface area contributed by atoms with Crippen LogP contribution in [0.15, 0.2) is 53.0 Å². The van der Waals surface area contributed by atoms with Gasteiger partial charge < -0.3 is 0 Å². The number of rotatable bonds is 1. The van der Waals surface area contributed by atoms with Crippen LogP contribution in [-0.2, 0) is 9.59 Å². The Morgan fingerprint density at radius 2 is 1.61 bits per heavy atom. The highest BCUT2D eigenvalue weighted by Gasteiger charge is 2.26. The summed E-state index contributed by atoms with van der Waals surface area (Å²) in [6.07, 6.45) is 2.58. The van der Waals surface area contributed by atoms with Crippen LogP contribution in [-0.4, -0.2) is 11.8 Å². The molecule has 3 rings (SSSR count). The first-order chi connectivity index (χ1) is 8.66. The van der Waals surface area contributed by atoms with Crippen molar-refractivity contribution < 1.29 is 9.59 Å². The van der Waals surface area contributed by atoms with Crippen molar-refractivity contribution in [2.45, 2.75) is 0 Å². The van der Waals surface area contributed by atoms with Gasteiger partial charge in [0.05, 0.1) is 5.69 Å². The molecule has 1 heterocycles. The molecule has 2 aromatic rings. The van der Waals surface area contributed by atoms with E-state index in [1.807, 2.05) is 30.3 Å². The van der Waals surface area contributed by atoms with E-state index in [4.69, 9.17) is 0 Å². The summed E-state index contributed by atoms with van der Waals surface area (Å²) in [6, 6.07) is 11.4. The summed E-state index contributed by atoms with van der Waals surface area (Å²) in [4.78, 5) is 24.7. The molecule has 3 nitrogen and oxygen atoms in total. The summed E-state index contributed by atoms with van der Waals surface area (Å²) in [5.41, 5.74) is 0.611. The number of fused-ring (bicyclic) bond motifs is 1. The summed E-state index contributed by atoms with van der Waals surface area (Å²) >= 11 is 3.40. The van der Waals surface area contributed by atoms with Gasteiger partial charge in [0.2, 0.25) is 0 Å². The fraction of sp³-hybridized carbons (Fsp3) is 0. The number of carbonyl (C=O) groups is 2. The maximum Gasteiger partial charge on any atom is 0.258 e. The minimum absolute atomic E-state index is 0.303. The van der Waals surface area contributed by atoms with Crippen LogP contribution in [0.25, 0.3) is 10.8 Å². The van der Waals surface area contributed by atoms with Gasteiger partial charge in [-0.05, 0) is 17.5 Å². The van der Waals surface area contributed by atoms with E-state index in [1.165, 1.54) is 17.1 Å². The Labute approximate surface area is 112 Å². The van der Waals surface area contributed by atoms with E-state index in [2.05, 4.69) is 15.9 Å². The van der Waals surface area contributed by atoms with Gasteiger partial charge in [-0.2, -0.15) is 0 Å². The number of benzene rings is 2. The van der Waals surface area contributed by atoms with E-state index in [0.717, 1.165) is 15.2 Å². The number of imide groups is 1. The molecule has 0 aromatic heterocycles. The zero-order valence-electron chi connectivity index (χ0n) is 9.26. The Morgan fingerprint density at radius 1 is 0.944 bits per heavy atom. The molecule has 0 unspecified atom stereocenters. The molecule has 0 spiro atoms. The lowest BCUT2D eigenvalue weighted by Crippen LogP contribution is -2.29. The summed E-state index contributed by atoms with van der Waals surface area (Å²) in [5, 5.41) is 1.86. The monoisotopic (exact) mass is 301 g/mol. The standard InChI is InChI=1S/C14H8BrNO2/c15-10-7-9-3-1-2-4-11(9)12(8-10)16-13(17)5-6-14(16)18/h1-8H. The van der Waals surface area contributed by atoms with Crippen molar-refractivity contribution in [1.82, 2.24) is 0 Å². The van der Waals surface area contributed by atoms with Crippen molar-refractivity contribution in [1.29, 1.82) is 0 Å². The Kier molecular flexibility index (Phi) is 2.52. The molecule has 4 heteroatoms. The molecular weight excluding hydrogens is 294 g/mol. The van der Waals surface area contributed by atoms with E-state index in [1.54, 1.807) is 6.07 Å². The summed E-state index contributed by atoms with van der Waals surface area (Å²) in [6.45, 7) is 0. The van der Waals surface area contributed by atoms with Crippen molar-refractivity contribution in [2.24, 2.45) is 0 Å². The van der Waals surface area contributed by atoms with Crippen molar-refractivity contribution in [3.63, 3.8) is 0 Å². The second-order valence-electron chi connectivity index (χ2n) is 3.99. The van der Waals surface area contributed by atoms with Crippen LogP contribution < -0.4 is 4.90 Å². The zero-order valence-corrected chi connectivity index (χ0v) is 10.8. The molecule has 0 fully saturated rings. The lowest BCUT2D eigenvalue weighted by Gasteiger charge is -2.17. The van der Waals surface area contributed by atoms with Crippen LogP contribution in [0.2, 0.25) is 0 Å². The van der Waals surface area contributed by atoms with E-state index >= 15 is 0 Å². The lowest BCUT2D eigenvalue weighted by atomic mass is 10.1. The maximum atomic E-state index is 11.7. The van der Waals surface area contributed by atoms with Crippen LogP contribution in [0.3, 0.4) is 0 Å². The van der Waals surface area contributed by atoms with Gasteiger partial charge in [0.15, 0.2) is 0 Å². The second-order valence-corrected chi connectivity index (χ2v) is 4.91. The molecule has 88 valence electrons. The Bertz CT molecular complexity index is 688. The van der Waals surface area contributed by atoms with Crippen molar-refractivity contribution in [3.05, 3.63) is 53.0 Å². The first kappa shape index (κ1) is 11.2. The first-order valence-electron chi connectivity index (χ1n) is 5.41.